The summed E-state index contributed by atoms with van der Waals surface area (Å²) in [6.45, 7) is 3.81. The lowest BCUT2D eigenvalue weighted by Gasteiger charge is -2.31. The highest BCUT2D eigenvalue weighted by Gasteiger charge is 2.48. The third kappa shape index (κ3) is 3.12. The summed E-state index contributed by atoms with van der Waals surface area (Å²) in [6, 6.07) is 11.7. The zero-order valence-corrected chi connectivity index (χ0v) is 13.2. The van der Waals surface area contributed by atoms with Crippen molar-refractivity contribution in [1.82, 2.24) is 0 Å². The van der Waals surface area contributed by atoms with Gasteiger partial charge in [0.25, 0.3) is 0 Å². The molecule has 1 saturated carbocycles. The first kappa shape index (κ1) is 16.8. The Morgan fingerprint density at radius 3 is 2.65 bits per heavy atom. The van der Waals surface area contributed by atoms with Gasteiger partial charge in [-0.2, -0.15) is 10.5 Å². The summed E-state index contributed by atoms with van der Waals surface area (Å²) in [5.74, 6) is -0.116. The molecule has 1 fully saturated rings. The number of rotatable bonds is 4. The summed E-state index contributed by atoms with van der Waals surface area (Å²) in [7, 11) is 1.57. The van der Waals surface area contributed by atoms with Crippen molar-refractivity contribution >= 4 is 6.29 Å². The maximum absolute atomic E-state index is 11.7. The third-order valence-corrected chi connectivity index (χ3v) is 4.77. The number of ether oxygens (including phenoxy) is 1. The molecule has 2 rings (SSSR count). The van der Waals surface area contributed by atoms with Crippen molar-refractivity contribution in [3.63, 3.8) is 0 Å². The number of hydrogen-bond acceptors (Lipinski definition) is 4. The number of methoxy groups -OCH3 is 1. The van der Waals surface area contributed by atoms with E-state index in [-0.39, 0.29) is 11.8 Å². The third-order valence-electron chi connectivity index (χ3n) is 4.77. The van der Waals surface area contributed by atoms with E-state index >= 15 is 0 Å². The molecule has 0 bridgehead atoms. The summed E-state index contributed by atoms with van der Waals surface area (Å²) < 4.78 is 5.25. The summed E-state index contributed by atoms with van der Waals surface area (Å²) in [4.78, 5) is 11.7. The van der Waals surface area contributed by atoms with Crippen LogP contribution in [0.25, 0.3) is 0 Å². The first-order valence-electron chi connectivity index (χ1n) is 7.68. The molecule has 1 aromatic carbocycles. The van der Waals surface area contributed by atoms with Gasteiger partial charge in [-0.05, 0) is 42.9 Å². The average molecular weight is 308 g/mol. The SMILES string of the molecule is C=C[C@@H]1CC[C@H](C=O)[C@@H](c2cccc(OC)c2)C(C#N)(C#N)C1. The van der Waals surface area contributed by atoms with Crippen LogP contribution in [-0.2, 0) is 4.79 Å². The van der Waals surface area contributed by atoms with Crippen molar-refractivity contribution < 1.29 is 9.53 Å². The molecule has 23 heavy (non-hydrogen) atoms. The Kier molecular flexibility index (Phi) is 5.19. The highest BCUT2D eigenvalue weighted by atomic mass is 16.5. The van der Waals surface area contributed by atoms with Crippen LogP contribution in [-0.4, -0.2) is 13.4 Å². The number of carbonyl (C=O) groups is 1. The van der Waals surface area contributed by atoms with Gasteiger partial charge >= 0.3 is 0 Å². The number of nitrogens with zero attached hydrogens (tertiary/aromatic N) is 2. The fourth-order valence-corrected chi connectivity index (χ4v) is 3.55. The average Bonchev–Trinajstić information content (AvgIpc) is 2.78. The summed E-state index contributed by atoms with van der Waals surface area (Å²) in [5.41, 5.74) is -0.443. The molecule has 4 nitrogen and oxygen atoms in total. The predicted molar refractivity (Wildman–Crippen MR) is 86.5 cm³/mol. The monoisotopic (exact) mass is 308 g/mol. The molecule has 0 aliphatic heterocycles. The van der Waals surface area contributed by atoms with Gasteiger partial charge in [0.15, 0.2) is 5.41 Å². The van der Waals surface area contributed by atoms with Crippen LogP contribution in [0.3, 0.4) is 0 Å². The fraction of sp³-hybridized carbons (Fsp3) is 0.421. The Labute approximate surface area is 137 Å². The molecule has 0 spiro atoms. The van der Waals surface area contributed by atoms with E-state index in [9.17, 15) is 15.3 Å². The van der Waals surface area contributed by atoms with E-state index in [1.165, 1.54) is 0 Å². The van der Waals surface area contributed by atoms with Crippen LogP contribution in [0.4, 0.5) is 0 Å². The molecular weight excluding hydrogens is 288 g/mol. The number of hydrogen-bond donors (Lipinski definition) is 0. The standard InChI is InChI=1S/C19H20N2O2/c1-3-14-7-8-16(11-22)18(19(10-14,12-20)13-21)15-5-4-6-17(9-15)23-2/h3-6,9,11,14,16,18H,1,7-8,10H2,2H3/t14-,16-,18-/m1/s1. The normalized spacial score (nSPS) is 26.1. The van der Waals surface area contributed by atoms with Gasteiger partial charge in [0.2, 0.25) is 0 Å². The molecular formula is C19H20N2O2. The van der Waals surface area contributed by atoms with Gasteiger partial charge in [0.05, 0.1) is 19.2 Å². The van der Waals surface area contributed by atoms with Gasteiger partial charge in [-0.25, -0.2) is 0 Å². The van der Waals surface area contributed by atoms with Gasteiger partial charge in [0.1, 0.15) is 12.0 Å². The van der Waals surface area contributed by atoms with Crippen LogP contribution in [0.2, 0.25) is 0 Å². The summed E-state index contributed by atoms with van der Waals surface area (Å²) >= 11 is 0. The quantitative estimate of drug-likeness (QED) is 0.484. The first-order valence-corrected chi connectivity index (χ1v) is 7.68. The lowest BCUT2D eigenvalue weighted by molar-refractivity contribution is -0.112. The van der Waals surface area contributed by atoms with Crippen molar-refractivity contribution in [3.05, 3.63) is 42.5 Å². The van der Waals surface area contributed by atoms with Gasteiger partial charge in [0, 0.05) is 11.8 Å². The van der Waals surface area contributed by atoms with E-state index in [2.05, 4.69) is 18.7 Å². The van der Waals surface area contributed by atoms with Crippen LogP contribution in [0.1, 0.15) is 30.7 Å². The Balaban J connectivity index is 2.60. The Bertz CT molecular complexity index is 655. The Morgan fingerprint density at radius 2 is 2.09 bits per heavy atom. The smallest absolute Gasteiger partial charge is 0.151 e. The van der Waals surface area contributed by atoms with Crippen LogP contribution in [0, 0.1) is 39.9 Å². The zero-order valence-electron chi connectivity index (χ0n) is 13.2. The highest BCUT2D eigenvalue weighted by molar-refractivity contribution is 5.58. The lowest BCUT2D eigenvalue weighted by atomic mass is 9.66. The fourth-order valence-electron chi connectivity index (χ4n) is 3.55. The molecule has 1 aromatic rings. The second-order valence-electron chi connectivity index (χ2n) is 6.03. The minimum atomic E-state index is -1.24. The molecule has 0 amide bonds. The van der Waals surface area contributed by atoms with E-state index in [0.717, 1.165) is 18.3 Å². The topological polar surface area (TPSA) is 73.9 Å². The van der Waals surface area contributed by atoms with Crippen LogP contribution < -0.4 is 4.74 Å². The minimum Gasteiger partial charge on any atom is -0.497 e. The Hall–Kier alpha value is -2.59. The van der Waals surface area contributed by atoms with Crippen molar-refractivity contribution in [2.24, 2.45) is 17.3 Å². The predicted octanol–water partition coefficient (Wildman–Crippen LogP) is 3.61. The molecule has 4 heteroatoms. The van der Waals surface area contributed by atoms with Gasteiger partial charge < -0.3 is 9.53 Å². The van der Waals surface area contributed by atoms with Crippen molar-refractivity contribution in [1.29, 1.82) is 10.5 Å². The Morgan fingerprint density at radius 1 is 1.35 bits per heavy atom. The van der Waals surface area contributed by atoms with E-state index in [4.69, 9.17) is 4.74 Å². The molecule has 1 aliphatic rings. The van der Waals surface area contributed by atoms with Gasteiger partial charge in [-0.1, -0.05) is 18.2 Å². The molecule has 1 aliphatic carbocycles. The van der Waals surface area contributed by atoms with Crippen LogP contribution >= 0.6 is 0 Å². The van der Waals surface area contributed by atoms with Crippen LogP contribution in [0.15, 0.2) is 36.9 Å². The van der Waals surface area contributed by atoms with E-state index < -0.39 is 11.3 Å². The minimum absolute atomic E-state index is 0.0624. The van der Waals surface area contributed by atoms with E-state index in [0.29, 0.717) is 18.6 Å². The number of nitriles is 2. The molecule has 0 N–H and O–H groups in total. The molecule has 3 atom stereocenters. The molecule has 0 unspecified atom stereocenters. The number of allylic oxidation sites excluding steroid dienone is 1. The maximum Gasteiger partial charge on any atom is 0.151 e. The van der Waals surface area contributed by atoms with Crippen LogP contribution in [0.5, 0.6) is 5.75 Å². The van der Waals surface area contributed by atoms with Crippen molar-refractivity contribution in [2.45, 2.75) is 25.2 Å². The van der Waals surface area contributed by atoms with Gasteiger partial charge in [-0.15, -0.1) is 6.58 Å². The van der Waals surface area contributed by atoms with Crippen molar-refractivity contribution in [3.8, 4) is 17.9 Å². The van der Waals surface area contributed by atoms with E-state index in [1.807, 2.05) is 24.3 Å². The molecule has 0 radical (unpaired) electrons. The van der Waals surface area contributed by atoms with E-state index in [1.54, 1.807) is 13.2 Å². The maximum atomic E-state index is 11.7. The number of carbonyl (C=O) groups excluding carboxylic acids is 1. The second kappa shape index (κ2) is 7.11. The van der Waals surface area contributed by atoms with Crippen molar-refractivity contribution in [2.75, 3.05) is 7.11 Å². The lowest BCUT2D eigenvalue weighted by Crippen LogP contribution is -2.31. The highest BCUT2D eigenvalue weighted by Crippen LogP contribution is 2.50. The number of aldehydes is 1. The second-order valence-corrected chi connectivity index (χ2v) is 6.03. The molecule has 118 valence electrons. The molecule has 0 heterocycles. The molecule has 0 saturated heterocycles. The largest absolute Gasteiger partial charge is 0.497 e. The zero-order chi connectivity index (χ0) is 16.9. The summed E-state index contributed by atoms with van der Waals surface area (Å²) in [6.07, 6.45) is 4.49. The first-order chi connectivity index (χ1) is 11.1. The van der Waals surface area contributed by atoms with Gasteiger partial charge in [-0.3, -0.25) is 0 Å². The summed E-state index contributed by atoms with van der Waals surface area (Å²) in [5, 5.41) is 19.6. The number of benzene rings is 1. The molecule has 0 aromatic heterocycles.